The van der Waals surface area contributed by atoms with Crippen molar-refractivity contribution in [1.29, 1.82) is 0 Å². The number of aliphatic imine (C=N–C) groups is 1. The predicted molar refractivity (Wildman–Crippen MR) is 80.9 cm³/mol. The van der Waals surface area contributed by atoms with Gasteiger partial charge in [0.25, 0.3) is 0 Å². The fourth-order valence-corrected chi connectivity index (χ4v) is 3.08. The van der Waals surface area contributed by atoms with Crippen molar-refractivity contribution in [1.82, 2.24) is 20.5 Å². The lowest BCUT2D eigenvalue weighted by Gasteiger charge is -2.15. The van der Waals surface area contributed by atoms with Gasteiger partial charge in [-0.05, 0) is 25.9 Å². The summed E-state index contributed by atoms with van der Waals surface area (Å²) in [5.74, 6) is 1.15. The Morgan fingerprint density at radius 3 is 2.82 bits per heavy atom. The van der Waals surface area contributed by atoms with E-state index >= 15 is 0 Å². The highest BCUT2D eigenvalue weighted by molar-refractivity contribution is 7.09. The van der Waals surface area contributed by atoms with E-state index in [0.29, 0.717) is 16.9 Å². The molecule has 0 aliphatic carbocycles. The Labute approximate surface area is 131 Å². The lowest BCUT2D eigenvalue weighted by atomic mass is 10.1. The van der Waals surface area contributed by atoms with E-state index in [4.69, 9.17) is 0 Å². The minimum Gasteiger partial charge on any atom is -0.356 e. The third-order valence-electron chi connectivity index (χ3n) is 3.52. The molecule has 1 aliphatic rings. The van der Waals surface area contributed by atoms with Gasteiger partial charge in [-0.1, -0.05) is 0 Å². The molecule has 2 heterocycles. The van der Waals surface area contributed by atoms with Crippen molar-refractivity contribution in [2.45, 2.75) is 19.1 Å². The van der Waals surface area contributed by atoms with Gasteiger partial charge in [0, 0.05) is 25.5 Å². The molecule has 1 fully saturated rings. The Morgan fingerprint density at radius 2 is 2.27 bits per heavy atom. The van der Waals surface area contributed by atoms with Crippen LogP contribution < -0.4 is 10.6 Å². The number of alkyl halides is 3. The largest absolute Gasteiger partial charge is 0.434 e. The maximum atomic E-state index is 12.5. The Hall–Kier alpha value is -1.35. The van der Waals surface area contributed by atoms with Gasteiger partial charge in [-0.25, -0.2) is 4.98 Å². The number of likely N-dealkylation sites (tertiary alicyclic amines) is 1. The fourth-order valence-electron chi connectivity index (χ4n) is 2.34. The number of nitrogens with one attached hydrogen (secondary N) is 2. The molecule has 1 saturated heterocycles. The van der Waals surface area contributed by atoms with Crippen LogP contribution in [0.5, 0.6) is 0 Å². The van der Waals surface area contributed by atoms with Crippen molar-refractivity contribution < 1.29 is 13.2 Å². The number of aromatic nitrogens is 1. The van der Waals surface area contributed by atoms with Crippen LogP contribution >= 0.6 is 11.3 Å². The Kier molecular flexibility index (Phi) is 5.63. The zero-order valence-electron chi connectivity index (χ0n) is 12.6. The zero-order chi connectivity index (χ0) is 16.2. The highest BCUT2D eigenvalue weighted by Crippen LogP contribution is 2.29. The Balaban J connectivity index is 1.77. The first-order valence-electron chi connectivity index (χ1n) is 7.03. The first-order chi connectivity index (χ1) is 10.4. The topological polar surface area (TPSA) is 52.6 Å². The minimum absolute atomic E-state index is 0.227. The van der Waals surface area contributed by atoms with Crippen LogP contribution in [0, 0.1) is 5.92 Å². The van der Waals surface area contributed by atoms with E-state index in [0.717, 1.165) is 42.8 Å². The molecular weight excluding hydrogens is 315 g/mol. The maximum Gasteiger partial charge on any atom is 0.434 e. The van der Waals surface area contributed by atoms with Crippen LogP contribution in [0.15, 0.2) is 10.4 Å². The van der Waals surface area contributed by atoms with E-state index in [-0.39, 0.29) is 6.54 Å². The molecule has 1 atom stereocenters. The summed E-state index contributed by atoms with van der Waals surface area (Å²) < 4.78 is 37.4. The summed E-state index contributed by atoms with van der Waals surface area (Å²) in [6.07, 6.45) is -3.24. The van der Waals surface area contributed by atoms with Crippen LogP contribution in [-0.2, 0) is 12.7 Å². The number of hydrogen-bond donors (Lipinski definition) is 2. The van der Waals surface area contributed by atoms with Crippen LogP contribution in [0.3, 0.4) is 0 Å². The second-order valence-corrected chi connectivity index (χ2v) is 6.29. The molecule has 5 nitrogen and oxygen atoms in total. The van der Waals surface area contributed by atoms with Gasteiger partial charge in [-0.15, -0.1) is 11.3 Å². The molecule has 0 spiro atoms. The summed E-state index contributed by atoms with van der Waals surface area (Å²) in [5.41, 5.74) is -0.841. The molecule has 0 bridgehead atoms. The number of thiazole rings is 1. The van der Waals surface area contributed by atoms with Gasteiger partial charge in [0.15, 0.2) is 11.7 Å². The molecule has 9 heteroatoms. The van der Waals surface area contributed by atoms with E-state index in [1.165, 1.54) is 0 Å². The van der Waals surface area contributed by atoms with Crippen LogP contribution in [0.1, 0.15) is 17.1 Å². The number of hydrogen-bond acceptors (Lipinski definition) is 4. The lowest BCUT2D eigenvalue weighted by molar-refractivity contribution is -0.140. The van der Waals surface area contributed by atoms with Crippen molar-refractivity contribution in [3.05, 3.63) is 16.1 Å². The monoisotopic (exact) mass is 335 g/mol. The second kappa shape index (κ2) is 7.28. The molecule has 0 saturated carbocycles. The van der Waals surface area contributed by atoms with Crippen LogP contribution in [0.4, 0.5) is 13.2 Å². The zero-order valence-corrected chi connectivity index (χ0v) is 13.4. The SMILES string of the molecule is CN=C(NCc1nc(C(F)(F)F)cs1)NCC1CCN(C)C1. The number of halogens is 3. The third kappa shape index (κ3) is 4.84. The number of rotatable bonds is 4. The maximum absolute atomic E-state index is 12.5. The van der Waals surface area contributed by atoms with E-state index in [1.54, 1.807) is 7.05 Å². The second-order valence-electron chi connectivity index (χ2n) is 5.35. The molecule has 1 aromatic heterocycles. The first-order valence-corrected chi connectivity index (χ1v) is 7.91. The van der Waals surface area contributed by atoms with E-state index < -0.39 is 11.9 Å². The normalized spacial score (nSPS) is 20.4. The van der Waals surface area contributed by atoms with E-state index in [1.807, 2.05) is 0 Å². The fraction of sp³-hybridized carbons (Fsp3) is 0.692. The molecule has 0 radical (unpaired) electrons. The van der Waals surface area contributed by atoms with Gasteiger partial charge in [-0.2, -0.15) is 13.2 Å². The molecule has 22 heavy (non-hydrogen) atoms. The van der Waals surface area contributed by atoms with Crippen molar-refractivity contribution >= 4 is 17.3 Å². The van der Waals surface area contributed by atoms with Crippen LogP contribution in [0.2, 0.25) is 0 Å². The molecule has 1 aromatic rings. The van der Waals surface area contributed by atoms with Crippen molar-refractivity contribution in [3.8, 4) is 0 Å². The van der Waals surface area contributed by atoms with Gasteiger partial charge < -0.3 is 15.5 Å². The molecule has 0 aromatic carbocycles. The van der Waals surface area contributed by atoms with E-state index in [9.17, 15) is 13.2 Å². The number of nitrogens with zero attached hydrogens (tertiary/aromatic N) is 3. The molecular formula is C13H20F3N5S. The summed E-state index contributed by atoms with van der Waals surface area (Å²) in [6.45, 7) is 3.17. The molecule has 2 rings (SSSR count). The predicted octanol–water partition coefficient (Wildman–Crippen LogP) is 1.78. The average Bonchev–Trinajstić information content (AvgIpc) is 3.07. The number of guanidine groups is 1. The van der Waals surface area contributed by atoms with Crippen LogP contribution in [-0.4, -0.2) is 49.6 Å². The first kappa shape index (κ1) is 17.0. The lowest BCUT2D eigenvalue weighted by Crippen LogP contribution is -2.39. The molecule has 1 unspecified atom stereocenters. The molecule has 2 N–H and O–H groups in total. The third-order valence-corrected chi connectivity index (χ3v) is 4.37. The van der Waals surface area contributed by atoms with E-state index in [2.05, 4.69) is 32.6 Å². The van der Waals surface area contributed by atoms with Gasteiger partial charge in [-0.3, -0.25) is 4.99 Å². The highest BCUT2D eigenvalue weighted by atomic mass is 32.1. The molecule has 1 aliphatic heterocycles. The summed E-state index contributed by atoms with van der Waals surface area (Å²) >= 11 is 0.990. The quantitative estimate of drug-likeness (QED) is 0.651. The molecule has 0 amide bonds. The summed E-state index contributed by atoms with van der Waals surface area (Å²) in [5, 5.41) is 7.61. The molecule has 124 valence electrons. The standard InChI is InChI=1S/C13H20F3N5S/c1-17-12(18-5-9-3-4-21(2)7-9)19-6-11-20-10(8-22-11)13(14,15)16/h8-9H,3-7H2,1-2H3,(H2,17,18,19). The van der Waals surface area contributed by atoms with Crippen molar-refractivity contribution in [2.75, 3.05) is 33.7 Å². The summed E-state index contributed by atoms with van der Waals surface area (Å²) in [6, 6.07) is 0. The van der Waals surface area contributed by atoms with Crippen LogP contribution in [0.25, 0.3) is 0 Å². The summed E-state index contributed by atoms with van der Waals surface area (Å²) in [4.78, 5) is 9.93. The van der Waals surface area contributed by atoms with Gasteiger partial charge in [0.1, 0.15) is 5.01 Å². The Morgan fingerprint density at radius 1 is 1.50 bits per heavy atom. The minimum atomic E-state index is -4.39. The van der Waals surface area contributed by atoms with Gasteiger partial charge >= 0.3 is 6.18 Å². The van der Waals surface area contributed by atoms with Gasteiger partial charge in [0.2, 0.25) is 0 Å². The van der Waals surface area contributed by atoms with Crippen molar-refractivity contribution in [3.63, 3.8) is 0 Å². The smallest absolute Gasteiger partial charge is 0.356 e. The van der Waals surface area contributed by atoms with Crippen molar-refractivity contribution in [2.24, 2.45) is 10.9 Å². The summed E-state index contributed by atoms with van der Waals surface area (Å²) in [7, 11) is 3.73. The van der Waals surface area contributed by atoms with Gasteiger partial charge in [0.05, 0.1) is 6.54 Å². The Bertz CT molecular complexity index is 514. The average molecular weight is 335 g/mol. The highest BCUT2D eigenvalue weighted by Gasteiger charge is 2.33.